The molecule has 0 saturated carbocycles. The average Bonchev–Trinajstić information content (AvgIpc) is 2.25. The van der Waals surface area contributed by atoms with Gasteiger partial charge in [0.2, 0.25) is 0 Å². The van der Waals surface area contributed by atoms with E-state index in [1.54, 1.807) is 30.3 Å². The summed E-state index contributed by atoms with van der Waals surface area (Å²) in [7, 11) is -4.74. The van der Waals surface area contributed by atoms with E-state index in [-0.39, 0.29) is 4.90 Å². The van der Waals surface area contributed by atoms with Gasteiger partial charge in [0.15, 0.2) is 0 Å². The molecular formula is C14H21O3PS. The Morgan fingerprint density at radius 2 is 1.37 bits per heavy atom. The molecule has 1 N–H and O–H groups in total. The van der Waals surface area contributed by atoms with E-state index in [1.165, 1.54) is 6.07 Å². The molecule has 0 aromatic heterocycles. The van der Waals surface area contributed by atoms with Crippen LogP contribution in [0.25, 0.3) is 10.8 Å². The number of fused-ring (bicyclic) bond motifs is 1. The summed E-state index contributed by atoms with van der Waals surface area (Å²) in [6, 6.07) is 11.8. The van der Waals surface area contributed by atoms with Crippen molar-refractivity contribution >= 4 is 28.2 Å². The van der Waals surface area contributed by atoms with E-state index >= 15 is 0 Å². The van der Waals surface area contributed by atoms with Crippen LogP contribution in [-0.2, 0) is 10.1 Å². The van der Waals surface area contributed by atoms with Gasteiger partial charge in [-0.15, -0.1) is 0 Å². The quantitative estimate of drug-likeness (QED) is 0.649. The van der Waals surface area contributed by atoms with Gasteiger partial charge >= 0.3 is 33.9 Å². The van der Waals surface area contributed by atoms with Crippen LogP contribution in [0.3, 0.4) is 0 Å². The second-order valence-corrected chi connectivity index (χ2v) is 13.3. The van der Waals surface area contributed by atoms with E-state index in [1.807, 2.05) is 6.07 Å². The number of hydrogen-bond donors (Lipinski definition) is 1. The van der Waals surface area contributed by atoms with Gasteiger partial charge in [0.05, 0.1) is 0 Å². The number of hydrogen-bond acceptors (Lipinski definition) is 2. The minimum atomic E-state index is -4.13. The van der Waals surface area contributed by atoms with E-state index in [4.69, 9.17) is 4.55 Å². The van der Waals surface area contributed by atoms with Gasteiger partial charge < -0.3 is 0 Å². The Kier molecular flexibility index (Phi) is 5.08. The van der Waals surface area contributed by atoms with Gasteiger partial charge in [0.25, 0.3) is 10.1 Å². The Morgan fingerprint density at radius 1 is 0.895 bits per heavy atom. The van der Waals surface area contributed by atoms with Gasteiger partial charge in [0, 0.05) is 5.39 Å². The Labute approximate surface area is 115 Å². The molecule has 5 heteroatoms. The zero-order valence-corrected chi connectivity index (χ0v) is 13.5. The Morgan fingerprint density at radius 3 is 1.89 bits per heavy atom. The van der Waals surface area contributed by atoms with Crippen LogP contribution in [0.4, 0.5) is 0 Å². The maximum Gasteiger partial charge on any atom is 0.295 e. The van der Waals surface area contributed by atoms with Gasteiger partial charge in [0.1, 0.15) is 4.90 Å². The third-order valence-corrected chi connectivity index (χ3v) is 2.94. The average molecular weight is 300 g/mol. The maximum absolute atomic E-state index is 11.0. The summed E-state index contributed by atoms with van der Waals surface area (Å²) in [5.74, 6) is 0. The molecule has 2 rings (SSSR count). The van der Waals surface area contributed by atoms with Crippen LogP contribution in [-0.4, -0.2) is 39.6 Å². The van der Waals surface area contributed by atoms with Crippen LogP contribution in [0.15, 0.2) is 47.4 Å². The first-order chi connectivity index (χ1) is 8.59. The summed E-state index contributed by atoms with van der Waals surface area (Å²) < 4.78 is 31.0. The molecule has 19 heavy (non-hydrogen) atoms. The molecule has 0 unspecified atom stereocenters. The summed E-state index contributed by atoms with van der Waals surface area (Å²) in [6.45, 7) is 9.31. The van der Waals surface area contributed by atoms with Crippen molar-refractivity contribution in [2.45, 2.75) is 4.90 Å². The first kappa shape index (κ1) is 16.1. The fourth-order valence-electron chi connectivity index (χ4n) is 1.42. The molecule has 0 aliphatic carbocycles. The van der Waals surface area contributed by atoms with Gasteiger partial charge in [-0.05, 0) is 11.5 Å². The van der Waals surface area contributed by atoms with Crippen molar-refractivity contribution in [3.8, 4) is 0 Å². The summed E-state index contributed by atoms with van der Waals surface area (Å²) >= 11 is 0. The molecule has 0 heterocycles. The molecule has 0 aliphatic heterocycles. The molecule has 0 saturated heterocycles. The second kappa shape index (κ2) is 6.00. The van der Waals surface area contributed by atoms with Gasteiger partial charge in [-0.3, -0.25) is 4.55 Å². The smallest absolute Gasteiger partial charge is 0.282 e. The first-order valence-corrected chi connectivity index (χ1v) is 11.5. The van der Waals surface area contributed by atoms with E-state index in [0.29, 0.717) is 5.39 Å². The van der Waals surface area contributed by atoms with Crippen LogP contribution in [0, 0.1) is 0 Å². The zero-order chi connectivity index (χ0) is 14.7. The molecule has 2 aromatic carbocycles. The van der Waals surface area contributed by atoms with Crippen molar-refractivity contribution < 1.29 is 13.0 Å². The Hall–Kier alpha value is -0.960. The fourth-order valence-corrected chi connectivity index (χ4v) is 2.13. The summed E-state index contributed by atoms with van der Waals surface area (Å²) in [5, 5.41) is 1.33. The van der Waals surface area contributed by atoms with Crippen molar-refractivity contribution in [2.24, 2.45) is 0 Å². The number of rotatable bonds is 1. The topological polar surface area (TPSA) is 54.4 Å². The van der Waals surface area contributed by atoms with E-state index in [9.17, 15) is 8.42 Å². The molecule has 0 spiro atoms. The molecule has 0 atom stereocenters. The Balaban J connectivity index is 0.000000312. The molecule has 2 aromatic rings. The van der Waals surface area contributed by atoms with Crippen molar-refractivity contribution in [1.29, 1.82) is 0 Å². The number of benzene rings is 2. The van der Waals surface area contributed by atoms with Crippen LogP contribution < -0.4 is 0 Å². The third kappa shape index (κ3) is 5.68. The van der Waals surface area contributed by atoms with Gasteiger partial charge in [-0.25, -0.2) is 0 Å². The van der Waals surface area contributed by atoms with E-state index in [0.717, 1.165) is 5.39 Å². The monoisotopic (exact) mass is 300 g/mol. The largest absolute Gasteiger partial charge is 0.295 e. The fraction of sp³-hybridized carbons (Fsp3) is 0.286. The third-order valence-electron chi connectivity index (χ3n) is 2.03. The maximum atomic E-state index is 11.0. The van der Waals surface area contributed by atoms with Crippen LogP contribution in [0.1, 0.15) is 0 Å². The predicted octanol–water partition coefficient (Wildman–Crippen LogP) is 3.34. The molecule has 0 bridgehead atoms. The standard InChI is InChI=1S/C10H8O3S.C4H13P/c11-14(12,13)10-7-3-5-8-4-1-2-6-9(8)10;1-5(2,3)4/h1-7H,(H,11,12,13);5H,1-4H3. The molecule has 3 nitrogen and oxygen atoms in total. The van der Waals surface area contributed by atoms with E-state index < -0.39 is 17.4 Å². The second-order valence-electron chi connectivity index (χ2n) is 5.95. The van der Waals surface area contributed by atoms with Crippen LogP contribution in [0.5, 0.6) is 0 Å². The van der Waals surface area contributed by atoms with Crippen molar-refractivity contribution in [2.75, 3.05) is 26.7 Å². The van der Waals surface area contributed by atoms with Crippen LogP contribution >= 0.6 is 7.26 Å². The van der Waals surface area contributed by atoms with Gasteiger partial charge in [-0.1, -0.05) is 36.4 Å². The van der Waals surface area contributed by atoms with E-state index in [2.05, 4.69) is 26.7 Å². The summed E-state index contributed by atoms with van der Waals surface area (Å²) in [5.41, 5.74) is 0. The molecule has 0 fully saturated rings. The summed E-state index contributed by atoms with van der Waals surface area (Å²) in [6.07, 6.45) is 0. The molecule has 0 radical (unpaired) electrons. The Bertz CT molecular complexity index is 646. The molecule has 0 amide bonds. The van der Waals surface area contributed by atoms with Crippen LogP contribution in [0.2, 0.25) is 0 Å². The van der Waals surface area contributed by atoms with Crippen molar-refractivity contribution in [3.05, 3.63) is 42.5 Å². The minimum Gasteiger partial charge on any atom is -0.282 e. The minimum absolute atomic E-state index is 0.0457. The van der Waals surface area contributed by atoms with Crippen molar-refractivity contribution in [1.82, 2.24) is 0 Å². The predicted molar refractivity (Wildman–Crippen MR) is 85.8 cm³/mol. The normalized spacial score (nSPS) is 12.7. The zero-order valence-electron chi connectivity index (χ0n) is 11.7. The molecule has 0 aliphatic rings. The molecule has 106 valence electrons. The summed E-state index contributed by atoms with van der Waals surface area (Å²) in [4.78, 5) is -0.0457. The molecular weight excluding hydrogens is 279 g/mol. The SMILES string of the molecule is C[PH](C)(C)C.O=S(=O)(O)c1cccc2ccccc12. The van der Waals surface area contributed by atoms with Gasteiger partial charge in [-0.2, -0.15) is 8.42 Å². The van der Waals surface area contributed by atoms with Crippen molar-refractivity contribution in [3.63, 3.8) is 0 Å². The first-order valence-electron chi connectivity index (χ1n) is 6.04.